The number of fused-ring (bicyclic) bond motifs is 1. The van der Waals surface area contributed by atoms with Gasteiger partial charge in [0.2, 0.25) is 11.8 Å². The van der Waals surface area contributed by atoms with Crippen molar-refractivity contribution in [3.63, 3.8) is 0 Å². The molecule has 0 bridgehead atoms. The molecule has 2 aromatic heterocycles. The Morgan fingerprint density at radius 3 is 2.63 bits per heavy atom. The molecule has 6 rings (SSSR count). The van der Waals surface area contributed by atoms with Gasteiger partial charge in [-0.05, 0) is 54.7 Å². The van der Waals surface area contributed by atoms with Crippen LogP contribution in [0.25, 0.3) is 22.2 Å². The molecule has 1 aliphatic heterocycles. The van der Waals surface area contributed by atoms with E-state index in [0.717, 1.165) is 61.1 Å². The molecule has 38 heavy (non-hydrogen) atoms. The molecule has 4 aromatic rings. The van der Waals surface area contributed by atoms with Gasteiger partial charge >= 0.3 is 0 Å². The van der Waals surface area contributed by atoms with E-state index in [2.05, 4.69) is 20.9 Å². The van der Waals surface area contributed by atoms with Crippen molar-refractivity contribution in [1.82, 2.24) is 25.6 Å². The number of benzene rings is 2. The normalized spacial score (nSPS) is 15.6. The third-order valence-electron chi connectivity index (χ3n) is 7.03. The molecule has 1 aliphatic carbocycles. The molecule has 0 atom stereocenters. The van der Waals surface area contributed by atoms with Crippen LogP contribution in [0.4, 0.5) is 11.6 Å². The Kier molecular flexibility index (Phi) is 6.88. The van der Waals surface area contributed by atoms with Gasteiger partial charge in [-0.3, -0.25) is 4.79 Å². The monoisotopic (exact) mass is 532 g/mol. The molecule has 2 fully saturated rings. The number of ether oxygens (including phenoxy) is 2. The standard InChI is InChI=1S/C28H29ClN6O3/c1-30-26(36)18-8-6-17(7-9-18)21-13-32-25-24(21)27(38-20-3-2-4-20)35-28(34-25)33-23-10-5-16(11-22(23)29)12-31-19-14-37-15-19/h5-11,13,19-20,31H,2-4,12,14-15H2,1H3,(H,30,36)(H2,32,33,34,35). The summed E-state index contributed by atoms with van der Waals surface area (Å²) in [5.74, 6) is 0.794. The first kappa shape index (κ1) is 24.7. The van der Waals surface area contributed by atoms with Gasteiger partial charge < -0.3 is 30.4 Å². The van der Waals surface area contributed by atoms with E-state index < -0.39 is 0 Å². The van der Waals surface area contributed by atoms with Crippen molar-refractivity contribution in [2.45, 2.75) is 38.0 Å². The number of aromatic amines is 1. The zero-order valence-corrected chi connectivity index (χ0v) is 21.8. The van der Waals surface area contributed by atoms with Gasteiger partial charge in [0.05, 0.1) is 35.4 Å². The van der Waals surface area contributed by atoms with Gasteiger partial charge in [0.25, 0.3) is 5.91 Å². The lowest BCUT2D eigenvalue weighted by atomic mass is 9.96. The first-order valence-corrected chi connectivity index (χ1v) is 13.2. The highest BCUT2D eigenvalue weighted by atomic mass is 35.5. The summed E-state index contributed by atoms with van der Waals surface area (Å²) in [6, 6.07) is 13.7. The molecule has 1 saturated carbocycles. The lowest BCUT2D eigenvalue weighted by molar-refractivity contribution is -0.00578. The van der Waals surface area contributed by atoms with Gasteiger partial charge in [0.15, 0.2) is 0 Å². The van der Waals surface area contributed by atoms with Crippen LogP contribution in [0.5, 0.6) is 5.88 Å². The summed E-state index contributed by atoms with van der Waals surface area (Å²) in [4.78, 5) is 24.7. The zero-order valence-electron chi connectivity index (χ0n) is 21.0. The number of halogens is 1. The van der Waals surface area contributed by atoms with Crippen molar-refractivity contribution >= 4 is 40.2 Å². The minimum Gasteiger partial charge on any atom is -0.474 e. The summed E-state index contributed by atoms with van der Waals surface area (Å²) in [6.07, 6.45) is 5.19. The predicted octanol–water partition coefficient (Wildman–Crippen LogP) is 4.80. The molecule has 3 heterocycles. The van der Waals surface area contributed by atoms with Crippen LogP contribution in [0.3, 0.4) is 0 Å². The number of nitrogens with zero attached hydrogens (tertiary/aromatic N) is 2. The summed E-state index contributed by atoms with van der Waals surface area (Å²) in [5, 5.41) is 10.8. The van der Waals surface area contributed by atoms with Crippen LogP contribution in [-0.4, -0.2) is 53.3 Å². The molecule has 1 amide bonds. The van der Waals surface area contributed by atoms with E-state index in [4.69, 9.17) is 31.0 Å². The highest BCUT2D eigenvalue weighted by Crippen LogP contribution is 2.37. The van der Waals surface area contributed by atoms with Crippen molar-refractivity contribution in [3.8, 4) is 17.0 Å². The van der Waals surface area contributed by atoms with Crippen LogP contribution < -0.4 is 20.7 Å². The highest BCUT2D eigenvalue weighted by molar-refractivity contribution is 6.33. The number of nitrogens with one attached hydrogen (secondary N) is 4. The average molecular weight is 533 g/mol. The minimum absolute atomic E-state index is 0.126. The number of rotatable bonds is 9. The number of H-pyrrole nitrogens is 1. The smallest absolute Gasteiger partial charge is 0.251 e. The molecule has 9 nitrogen and oxygen atoms in total. The van der Waals surface area contributed by atoms with Crippen LogP contribution in [0.1, 0.15) is 35.2 Å². The lowest BCUT2D eigenvalue weighted by Crippen LogP contribution is -2.45. The Morgan fingerprint density at radius 2 is 1.97 bits per heavy atom. The topological polar surface area (TPSA) is 113 Å². The number of hydrogen-bond donors (Lipinski definition) is 4. The average Bonchev–Trinajstić information content (AvgIpc) is 3.30. The van der Waals surface area contributed by atoms with Crippen LogP contribution in [-0.2, 0) is 11.3 Å². The van der Waals surface area contributed by atoms with Gasteiger partial charge in [-0.25, -0.2) is 0 Å². The lowest BCUT2D eigenvalue weighted by Gasteiger charge is -2.27. The first-order chi connectivity index (χ1) is 18.6. The molecule has 0 spiro atoms. The van der Waals surface area contributed by atoms with Gasteiger partial charge in [-0.15, -0.1) is 0 Å². The quantitative estimate of drug-likeness (QED) is 0.245. The van der Waals surface area contributed by atoms with Gasteiger partial charge in [0, 0.05) is 30.9 Å². The van der Waals surface area contributed by atoms with E-state index in [1.807, 2.05) is 36.5 Å². The third kappa shape index (κ3) is 5.05. The van der Waals surface area contributed by atoms with Crippen LogP contribution >= 0.6 is 11.6 Å². The molecule has 1 saturated heterocycles. The summed E-state index contributed by atoms with van der Waals surface area (Å²) in [7, 11) is 1.62. The molecule has 2 aliphatic rings. The molecule has 10 heteroatoms. The molecule has 2 aromatic carbocycles. The van der Waals surface area contributed by atoms with E-state index in [0.29, 0.717) is 39.8 Å². The second kappa shape index (κ2) is 10.6. The summed E-state index contributed by atoms with van der Waals surface area (Å²) >= 11 is 6.61. The first-order valence-electron chi connectivity index (χ1n) is 12.8. The van der Waals surface area contributed by atoms with E-state index in [1.54, 1.807) is 19.2 Å². The van der Waals surface area contributed by atoms with E-state index >= 15 is 0 Å². The van der Waals surface area contributed by atoms with Gasteiger partial charge in [-0.1, -0.05) is 29.8 Å². The Bertz CT molecular complexity index is 1460. The summed E-state index contributed by atoms with van der Waals surface area (Å²) in [6.45, 7) is 2.23. The Balaban J connectivity index is 1.29. The predicted molar refractivity (Wildman–Crippen MR) is 147 cm³/mol. The fourth-order valence-corrected chi connectivity index (χ4v) is 4.72. The summed E-state index contributed by atoms with van der Waals surface area (Å²) in [5.41, 5.74) is 4.91. The molecule has 196 valence electrons. The molecular formula is C28H29ClN6O3. The van der Waals surface area contributed by atoms with Crippen molar-refractivity contribution < 1.29 is 14.3 Å². The van der Waals surface area contributed by atoms with Crippen LogP contribution in [0.15, 0.2) is 48.7 Å². The highest BCUT2D eigenvalue weighted by Gasteiger charge is 2.24. The van der Waals surface area contributed by atoms with E-state index in [9.17, 15) is 4.79 Å². The second-order valence-electron chi connectivity index (χ2n) is 9.66. The van der Waals surface area contributed by atoms with Crippen molar-refractivity contribution in [3.05, 3.63) is 64.8 Å². The van der Waals surface area contributed by atoms with Gasteiger partial charge in [-0.2, -0.15) is 9.97 Å². The maximum atomic E-state index is 12.0. The van der Waals surface area contributed by atoms with Crippen LogP contribution in [0.2, 0.25) is 5.02 Å². The number of carbonyl (C=O) groups is 1. The summed E-state index contributed by atoms with van der Waals surface area (Å²) < 4.78 is 11.5. The molecular weight excluding hydrogens is 504 g/mol. The Hall–Kier alpha value is -3.66. The SMILES string of the molecule is CNC(=O)c1ccc(-c2c[nH]c3nc(Nc4ccc(CNC5COC5)cc4Cl)nc(OC4CCC4)c23)cc1. The largest absolute Gasteiger partial charge is 0.474 e. The fraction of sp³-hybridized carbons (Fsp3) is 0.321. The van der Waals surface area contributed by atoms with Crippen LogP contribution in [0, 0.1) is 0 Å². The number of amides is 1. The molecule has 0 radical (unpaired) electrons. The van der Waals surface area contributed by atoms with Gasteiger partial charge in [0.1, 0.15) is 11.8 Å². The maximum absolute atomic E-state index is 12.0. The molecule has 0 unspecified atom stereocenters. The minimum atomic E-state index is -0.126. The molecule has 4 N–H and O–H groups in total. The Morgan fingerprint density at radius 1 is 1.16 bits per heavy atom. The van der Waals surface area contributed by atoms with E-state index in [-0.39, 0.29) is 12.0 Å². The fourth-order valence-electron chi connectivity index (χ4n) is 4.47. The number of carbonyl (C=O) groups excluding carboxylic acids is 1. The zero-order chi connectivity index (χ0) is 26.1. The van der Waals surface area contributed by atoms with E-state index in [1.165, 1.54) is 0 Å². The number of hydrogen-bond acceptors (Lipinski definition) is 7. The number of aromatic nitrogens is 3. The van der Waals surface area contributed by atoms with Crippen molar-refractivity contribution in [2.75, 3.05) is 25.6 Å². The van der Waals surface area contributed by atoms with Crippen molar-refractivity contribution in [2.24, 2.45) is 0 Å². The second-order valence-corrected chi connectivity index (χ2v) is 10.1. The third-order valence-corrected chi connectivity index (χ3v) is 7.34. The number of anilines is 2. The maximum Gasteiger partial charge on any atom is 0.251 e. The van der Waals surface area contributed by atoms with Crippen molar-refractivity contribution in [1.29, 1.82) is 0 Å². The Labute approximate surface area is 225 Å².